The number of aromatic nitrogens is 1. The van der Waals surface area contributed by atoms with E-state index in [1.807, 2.05) is 0 Å². The predicted molar refractivity (Wildman–Crippen MR) is 79.4 cm³/mol. The van der Waals surface area contributed by atoms with Crippen LogP contribution in [0, 0.1) is 11.3 Å². The van der Waals surface area contributed by atoms with E-state index in [0.717, 1.165) is 4.73 Å². The molecule has 8 heteroatoms. The lowest BCUT2D eigenvalue weighted by atomic mass is 10.0. The molecule has 116 valence electrons. The number of hydrogen-bond acceptors (Lipinski definition) is 2. The maximum Gasteiger partial charge on any atom is 0.419 e. The third kappa shape index (κ3) is 2.94. The van der Waals surface area contributed by atoms with Crippen molar-refractivity contribution in [1.29, 1.82) is 5.26 Å². The summed E-state index contributed by atoms with van der Waals surface area (Å²) in [5.41, 5.74) is -1.21. The van der Waals surface area contributed by atoms with Crippen LogP contribution in [0.3, 0.4) is 0 Å². The highest BCUT2D eigenvalue weighted by Crippen LogP contribution is 2.45. The molecular formula is C14H9BrClF3N2O. The molecule has 0 fully saturated rings. The molecule has 0 spiro atoms. The highest BCUT2D eigenvalue weighted by molar-refractivity contribution is 9.10. The Morgan fingerprint density at radius 3 is 2.36 bits per heavy atom. The van der Waals surface area contributed by atoms with Crippen molar-refractivity contribution >= 4 is 27.5 Å². The zero-order valence-electron chi connectivity index (χ0n) is 11.2. The maximum atomic E-state index is 13.4. The van der Waals surface area contributed by atoms with Crippen LogP contribution in [0.1, 0.15) is 18.2 Å². The lowest BCUT2D eigenvalue weighted by Crippen LogP contribution is -2.13. The molecule has 2 aromatic rings. The van der Waals surface area contributed by atoms with Crippen LogP contribution in [0.15, 0.2) is 28.9 Å². The molecule has 3 nitrogen and oxygen atoms in total. The largest absolute Gasteiger partial charge is 0.419 e. The Hall–Kier alpha value is -1.65. The Morgan fingerprint density at radius 1 is 1.32 bits per heavy atom. The van der Waals surface area contributed by atoms with Gasteiger partial charge in [-0.1, -0.05) is 23.7 Å². The summed E-state index contributed by atoms with van der Waals surface area (Å²) in [6, 6.07) is 7.55. The predicted octanol–water partition coefficient (Wildman–Crippen LogP) is 4.91. The molecule has 0 N–H and O–H groups in total. The fourth-order valence-electron chi connectivity index (χ4n) is 2.03. The molecule has 0 atom stereocenters. The van der Waals surface area contributed by atoms with Crippen LogP contribution in [0.4, 0.5) is 13.2 Å². The number of benzene rings is 1. The SMILES string of the molecule is CCOn1c(Br)c(C(F)(F)F)c(-c2ccc(Cl)cc2)c1C#N. The first kappa shape index (κ1) is 16.7. The maximum absolute atomic E-state index is 13.4. The van der Waals surface area contributed by atoms with Gasteiger partial charge in [-0.3, -0.25) is 0 Å². The summed E-state index contributed by atoms with van der Waals surface area (Å²) < 4.78 is 40.7. The number of nitrogens with zero attached hydrogens (tertiary/aromatic N) is 2. The molecule has 0 aliphatic carbocycles. The van der Waals surface area contributed by atoms with Crippen molar-refractivity contribution in [2.75, 3.05) is 6.61 Å². The number of rotatable bonds is 3. The third-order valence-electron chi connectivity index (χ3n) is 2.85. The first-order valence-corrected chi connectivity index (χ1v) is 7.29. The Bertz CT molecular complexity index is 733. The Morgan fingerprint density at radius 2 is 1.91 bits per heavy atom. The van der Waals surface area contributed by atoms with E-state index in [4.69, 9.17) is 16.4 Å². The standard InChI is InChI=1S/C14H9BrClF3N2O/c1-2-22-21-10(7-20)11(8-3-5-9(16)6-4-8)12(13(21)15)14(17,18)19/h3-6H,2H2,1H3. The summed E-state index contributed by atoms with van der Waals surface area (Å²) in [6.45, 7) is 1.72. The molecule has 1 aromatic carbocycles. The van der Waals surface area contributed by atoms with E-state index in [1.54, 1.807) is 13.0 Å². The molecule has 0 aliphatic heterocycles. The van der Waals surface area contributed by atoms with Crippen molar-refractivity contribution in [3.8, 4) is 17.2 Å². The van der Waals surface area contributed by atoms with Crippen molar-refractivity contribution < 1.29 is 18.0 Å². The highest BCUT2D eigenvalue weighted by atomic mass is 79.9. The van der Waals surface area contributed by atoms with Crippen LogP contribution in [0.25, 0.3) is 11.1 Å². The van der Waals surface area contributed by atoms with E-state index in [0.29, 0.717) is 5.02 Å². The highest BCUT2D eigenvalue weighted by Gasteiger charge is 2.41. The monoisotopic (exact) mass is 392 g/mol. The van der Waals surface area contributed by atoms with Gasteiger partial charge in [0.2, 0.25) is 0 Å². The Kier molecular flexibility index (Phi) is 4.73. The summed E-state index contributed by atoms with van der Waals surface area (Å²) in [5.74, 6) is 0. The summed E-state index contributed by atoms with van der Waals surface area (Å²) in [6.07, 6.45) is -4.65. The summed E-state index contributed by atoms with van der Waals surface area (Å²) in [4.78, 5) is 5.14. The average molecular weight is 394 g/mol. The number of hydrogen-bond donors (Lipinski definition) is 0. The molecule has 0 radical (unpaired) electrons. The fourth-order valence-corrected chi connectivity index (χ4v) is 2.86. The molecule has 0 saturated heterocycles. The first-order chi connectivity index (χ1) is 10.3. The van der Waals surface area contributed by atoms with E-state index in [-0.39, 0.29) is 28.0 Å². The molecule has 0 saturated carbocycles. The topological polar surface area (TPSA) is 38.0 Å². The van der Waals surface area contributed by atoms with Gasteiger partial charge in [-0.25, -0.2) is 0 Å². The molecule has 1 heterocycles. The lowest BCUT2D eigenvalue weighted by molar-refractivity contribution is -0.138. The van der Waals surface area contributed by atoms with Crippen LogP contribution in [-0.2, 0) is 6.18 Å². The Balaban J connectivity index is 2.83. The third-order valence-corrected chi connectivity index (χ3v) is 3.83. The quantitative estimate of drug-likeness (QED) is 0.743. The van der Waals surface area contributed by atoms with Gasteiger partial charge in [-0.05, 0) is 40.5 Å². The minimum absolute atomic E-state index is 0.110. The molecule has 0 amide bonds. The van der Waals surface area contributed by atoms with E-state index >= 15 is 0 Å². The minimum atomic E-state index is -4.65. The second kappa shape index (κ2) is 6.23. The summed E-state index contributed by atoms with van der Waals surface area (Å²) in [5, 5.41) is 9.67. The van der Waals surface area contributed by atoms with Gasteiger partial charge >= 0.3 is 6.18 Å². The zero-order valence-corrected chi connectivity index (χ0v) is 13.6. The van der Waals surface area contributed by atoms with Crippen LogP contribution < -0.4 is 4.84 Å². The van der Waals surface area contributed by atoms with Crippen molar-refractivity contribution in [3.05, 3.63) is 45.1 Å². The van der Waals surface area contributed by atoms with Crippen molar-refractivity contribution in [2.45, 2.75) is 13.1 Å². The minimum Gasteiger partial charge on any atom is -0.412 e. The smallest absolute Gasteiger partial charge is 0.412 e. The zero-order chi connectivity index (χ0) is 16.5. The van der Waals surface area contributed by atoms with Crippen molar-refractivity contribution in [3.63, 3.8) is 0 Å². The fraction of sp³-hybridized carbons (Fsp3) is 0.214. The van der Waals surface area contributed by atoms with Crippen LogP contribution in [0.2, 0.25) is 5.02 Å². The Labute approximate surface area is 137 Å². The van der Waals surface area contributed by atoms with Crippen LogP contribution >= 0.6 is 27.5 Å². The van der Waals surface area contributed by atoms with Crippen LogP contribution in [0.5, 0.6) is 0 Å². The van der Waals surface area contributed by atoms with Gasteiger partial charge in [0.05, 0.1) is 0 Å². The van der Waals surface area contributed by atoms with Gasteiger partial charge in [-0.2, -0.15) is 23.2 Å². The van der Waals surface area contributed by atoms with Gasteiger partial charge in [-0.15, -0.1) is 0 Å². The van der Waals surface area contributed by atoms with Gasteiger partial charge in [0, 0.05) is 10.6 Å². The number of nitriles is 1. The van der Waals surface area contributed by atoms with Gasteiger partial charge < -0.3 is 4.84 Å². The first-order valence-electron chi connectivity index (χ1n) is 6.12. The average Bonchev–Trinajstić information content (AvgIpc) is 2.73. The molecular weight excluding hydrogens is 385 g/mol. The molecule has 22 heavy (non-hydrogen) atoms. The summed E-state index contributed by atoms with van der Waals surface area (Å²) >= 11 is 8.65. The van der Waals surface area contributed by atoms with E-state index in [9.17, 15) is 18.4 Å². The second-order valence-corrected chi connectivity index (χ2v) is 5.41. The molecule has 1 aromatic heterocycles. The number of alkyl halides is 3. The normalized spacial score (nSPS) is 11.3. The van der Waals surface area contributed by atoms with E-state index in [2.05, 4.69) is 15.9 Å². The number of halogens is 5. The van der Waals surface area contributed by atoms with Crippen molar-refractivity contribution in [2.24, 2.45) is 0 Å². The summed E-state index contributed by atoms with van der Waals surface area (Å²) in [7, 11) is 0. The van der Waals surface area contributed by atoms with Gasteiger partial charge in [0.15, 0.2) is 5.69 Å². The van der Waals surface area contributed by atoms with Crippen molar-refractivity contribution in [1.82, 2.24) is 4.73 Å². The van der Waals surface area contributed by atoms with E-state index in [1.165, 1.54) is 24.3 Å². The van der Waals surface area contributed by atoms with Crippen LogP contribution in [-0.4, -0.2) is 11.3 Å². The van der Waals surface area contributed by atoms with Gasteiger partial charge in [0.25, 0.3) is 0 Å². The van der Waals surface area contributed by atoms with Gasteiger partial charge in [0.1, 0.15) is 22.8 Å². The van der Waals surface area contributed by atoms with E-state index < -0.39 is 11.7 Å². The second-order valence-electron chi connectivity index (χ2n) is 4.22. The molecule has 2 rings (SSSR count). The lowest BCUT2D eigenvalue weighted by Gasteiger charge is -2.09. The molecule has 0 aliphatic rings. The molecule has 0 bridgehead atoms. The molecule has 0 unspecified atom stereocenters.